The Labute approximate surface area is 99.6 Å². The van der Waals surface area contributed by atoms with Crippen LogP contribution in [0.4, 0.5) is 0 Å². The molecule has 0 aromatic rings. The lowest BCUT2D eigenvalue weighted by atomic mass is 9.86. The number of rotatable bonds is 7. The number of ether oxygens (including phenoxy) is 1. The van der Waals surface area contributed by atoms with E-state index in [1.807, 2.05) is 0 Å². The Balaban J connectivity index is 2.15. The van der Waals surface area contributed by atoms with Crippen LogP contribution in [-0.2, 0) is 4.74 Å². The van der Waals surface area contributed by atoms with Gasteiger partial charge in [0.2, 0.25) is 0 Å². The molecule has 96 valence electrons. The van der Waals surface area contributed by atoms with Crippen molar-refractivity contribution >= 4 is 0 Å². The fourth-order valence-electron chi connectivity index (χ4n) is 2.29. The molecular formula is C13H27NO2. The molecule has 2 unspecified atom stereocenters. The van der Waals surface area contributed by atoms with Gasteiger partial charge in [-0.05, 0) is 50.1 Å². The van der Waals surface area contributed by atoms with Gasteiger partial charge in [-0.3, -0.25) is 0 Å². The normalized spacial score (nSPS) is 23.6. The summed E-state index contributed by atoms with van der Waals surface area (Å²) < 4.78 is 5.48. The van der Waals surface area contributed by atoms with E-state index >= 15 is 0 Å². The van der Waals surface area contributed by atoms with E-state index in [0.29, 0.717) is 24.4 Å². The summed E-state index contributed by atoms with van der Waals surface area (Å²) in [5.41, 5.74) is 0. The van der Waals surface area contributed by atoms with E-state index < -0.39 is 0 Å². The van der Waals surface area contributed by atoms with Crippen molar-refractivity contribution in [3.63, 3.8) is 0 Å². The Hall–Kier alpha value is -0.120. The number of hydrogen-bond acceptors (Lipinski definition) is 3. The van der Waals surface area contributed by atoms with Gasteiger partial charge >= 0.3 is 0 Å². The lowest BCUT2D eigenvalue weighted by Crippen LogP contribution is -2.31. The minimum absolute atomic E-state index is 0.303. The maximum Gasteiger partial charge on any atom is 0.0497 e. The van der Waals surface area contributed by atoms with Gasteiger partial charge in [0.25, 0.3) is 0 Å². The van der Waals surface area contributed by atoms with E-state index in [4.69, 9.17) is 4.74 Å². The van der Waals surface area contributed by atoms with Crippen LogP contribution in [0.1, 0.15) is 33.1 Å². The molecule has 0 amide bonds. The smallest absolute Gasteiger partial charge is 0.0497 e. The van der Waals surface area contributed by atoms with E-state index in [0.717, 1.165) is 39.1 Å². The molecule has 1 rings (SSSR count). The number of aliphatic hydroxyl groups excluding tert-OH is 1. The van der Waals surface area contributed by atoms with Crippen LogP contribution in [-0.4, -0.2) is 38.0 Å². The summed E-state index contributed by atoms with van der Waals surface area (Å²) >= 11 is 0. The Kier molecular flexibility index (Phi) is 7.01. The summed E-state index contributed by atoms with van der Waals surface area (Å²) in [6, 6.07) is 0. The summed E-state index contributed by atoms with van der Waals surface area (Å²) in [6.45, 7) is 8.56. The lowest BCUT2D eigenvalue weighted by Gasteiger charge is -2.29. The van der Waals surface area contributed by atoms with Gasteiger partial charge in [-0.25, -0.2) is 0 Å². The third-order valence-electron chi connectivity index (χ3n) is 3.34. The molecule has 1 aliphatic rings. The van der Waals surface area contributed by atoms with Crippen molar-refractivity contribution in [2.45, 2.75) is 33.1 Å². The third kappa shape index (κ3) is 5.28. The Morgan fingerprint density at radius 3 is 2.81 bits per heavy atom. The second-order valence-electron chi connectivity index (χ2n) is 5.31. The van der Waals surface area contributed by atoms with Gasteiger partial charge in [-0.1, -0.05) is 13.8 Å². The lowest BCUT2D eigenvalue weighted by molar-refractivity contribution is 0.0143. The first kappa shape index (κ1) is 13.9. The summed E-state index contributed by atoms with van der Waals surface area (Å²) in [5.74, 6) is 1.69. The first-order chi connectivity index (χ1) is 7.74. The predicted molar refractivity (Wildman–Crippen MR) is 66.4 cm³/mol. The highest BCUT2D eigenvalue weighted by molar-refractivity contribution is 4.73. The van der Waals surface area contributed by atoms with Crippen molar-refractivity contribution < 1.29 is 9.84 Å². The molecular weight excluding hydrogens is 202 g/mol. The van der Waals surface area contributed by atoms with Crippen LogP contribution in [0.2, 0.25) is 0 Å². The standard InChI is InChI=1S/C13H27NO2/c1-11(2)8-14-6-5-12(9-15)13-4-3-7-16-10-13/h11-15H,3-10H2,1-2H3. The second-order valence-corrected chi connectivity index (χ2v) is 5.31. The molecule has 1 heterocycles. The molecule has 2 N–H and O–H groups in total. The summed E-state index contributed by atoms with van der Waals surface area (Å²) in [6.07, 6.45) is 3.44. The molecule has 0 aliphatic carbocycles. The first-order valence-electron chi connectivity index (χ1n) is 6.63. The highest BCUT2D eigenvalue weighted by atomic mass is 16.5. The summed E-state index contributed by atoms with van der Waals surface area (Å²) in [7, 11) is 0. The van der Waals surface area contributed by atoms with Crippen LogP contribution in [0.3, 0.4) is 0 Å². The SMILES string of the molecule is CC(C)CNCCC(CO)C1CCCOC1. The molecule has 0 aromatic carbocycles. The third-order valence-corrected chi connectivity index (χ3v) is 3.34. The Morgan fingerprint density at radius 2 is 2.25 bits per heavy atom. The molecule has 1 aliphatic heterocycles. The molecule has 3 nitrogen and oxygen atoms in total. The van der Waals surface area contributed by atoms with Crippen molar-refractivity contribution in [2.75, 3.05) is 32.9 Å². The van der Waals surface area contributed by atoms with Crippen LogP contribution in [0.25, 0.3) is 0 Å². The van der Waals surface area contributed by atoms with E-state index in [1.54, 1.807) is 0 Å². The monoisotopic (exact) mass is 229 g/mol. The summed E-state index contributed by atoms with van der Waals surface area (Å²) in [5, 5.41) is 12.8. The van der Waals surface area contributed by atoms with Gasteiger partial charge in [0, 0.05) is 19.8 Å². The van der Waals surface area contributed by atoms with E-state index in [-0.39, 0.29) is 0 Å². The minimum Gasteiger partial charge on any atom is -0.396 e. The summed E-state index contributed by atoms with van der Waals surface area (Å²) in [4.78, 5) is 0. The zero-order valence-corrected chi connectivity index (χ0v) is 10.7. The Bertz CT molecular complexity index is 167. The van der Waals surface area contributed by atoms with Gasteiger partial charge in [-0.2, -0.15) is 0 Å². The van der Waals surface area contributed by atoms with Crippen molar-refractivity contribution in [1.29, 1.82) is 0 Å². The number of hydrogen-bond donors (Lipinski definition) is 2. The average Bonchev–Trinajstić information content (AvgIpc) is 2.30. The zero-order valence-electron chi connectivity index (χ0n) is 10.7. The van der Waals surface area contributed by atoms with E-state index in [1.165, 1.54) is 6.42 Å². The molecule has 0 radical (unpaired) electrons. The van der Waals surface area contributed by atoms with Crippen LogP contribution >= 0.6 is 0 Å². The topological polar surface area (TPSA) is 41.5 Å². The quantitative estimate of drug-likeness (QED) is 0.652. The van der Waals surface area contributed by atoms with E-state index in [2.05, 4.69) is 19.2 Å². The molecule has 16 heavy (non-hydrogen) atoms. The maximum absolute atomic E-state index is 9.40. The highest BCUT2D eigenvalue weighted by Crippen LogP contribution is 2.24. The van der Waals surface area contributed by atoms with Crippen LogP contribution in [0.5, 0.6) is 0 Å². The van der Waals surface area contributed by atoms with Crippen molar-refractivity contribution in [3.8, 4) is 0 Å². The van der Waals surface area contributed by atoms with Crippen molar-refractivity contribution in [1.82, 2.24) is 5.32 Å². The van der Waals surface area contributed by atoms with Gasteiger partial charge in [0.05, 0.1) is 0 Å². The van der Waals surface area contributed by atoms with Crippen molar-refractivity contribution in [2.24, 2.45) is 17.8 Å². The van der Waals surface area contributed by atoms with Gasteiger partial charge in [0.1, 0.15) is 0 Å². The fraction of sp³-hybridized carbons (Fsp3) is 1.00. The van der Waals surface area contributed by atoms with Crippen molar-refractivity contribution in [3.05, 3.63) is 0 Å². The second kappa shape index (κ2) is 8.04. The number of aliphatic hydroxyl groups is 1. The average molecular weight is 229 g/mol. The van der Waals surface area contributed by atoms with E-state index in [9.17, 15) is 5.11 Å². The Morgan fingerprint density at radius 1 is 1.44 bits per heavy atom. The largest absolute Gasteiger partial charge is 0.396 e. The first-order valence-corrected chi connectivity index (χ1v) is 6.63. The molecule has 0 bridgehead atoms. The highest BCUT2D eigenvalue weighted by Gasteiger charge is 2.23. The van der Waals surface area contributed by atoms with Crippen LogP contribution < -0.4 is 5.32 Å². The fourth-order valence-corrected chi connectivity index (χ4v) is 2.29. The minimum atomic E-state index is 0.303. The molecule has 0 aromatic heterocycles. The van der Waals surface area contributed by atoms with Gasteiger partial charge in [0.15, 0.2) is 0 Å². The molecule has 1 fully saturated rings. The molecule has 0 saturated carbocycles. The molecule has 3 heteroatoms. The van der Waals surface area contributed by atoms with Gasteiger partial charge < -0.3 is 15.2 Å². The van der Waals surface area contributed by atoms with Crippen LogP contribution in [0, 0.1) is 17.8 Å². The molecule has 2 atom stereocenters. The zero-order chi connectivity index (χ0) is 11.8. The molecule has 1 saturated heterocycles. The van der Waals surface area contributed by atoms with Gasteiger partial charge in [-0.15, -0.1) is 0 Å². The predicted octanol–water partition coefficient (Wildman–Crippen LogP) is 1.66. The van der Waals surface area contributed by atoms with Crippen LogP contribution in [0.15, 0.2) is 0 Å². The maximum atomic E-state index is 9.40. The molecule has 0 spiro atoms. The number of nitrogens with one attached hydrogen (secondary N) is 1.